The van der Waals surface area contributed by atoms with Crippen molar-refractivity contribution >= 4 is 5.91 Å². The fourth-order valence-electron chi connectivity index (χ4n) is 1.70. The summed E-state index contributed by atoms with van der Waals surface area (Å²) in [5.74, 6) is 1.28. The van der Waals surface area contributed by atoms with Crippen LogP contribution in [0.25, 0.3) is 0 Å². The van der Waals surface area contributed by atoms with Crippen molar-refractivity contribution in [2.24, 2.45) is 5.92 Å². The largest absolute Gasteiger partial charge is 0.499 e. The van der Waals surface area contributed by atoms with Crippen LogP contribution in [0.4, 0.5) is 0 Å². The Morgan fingerprint density at radius 2 is 2.31 bits per heavy atom. The number of likely N-dealkylation sites (N-methyl/N-ethyl adjacent to an activating group) is 1. The molecule has 2 atom stereocenters. The highest BCUT2D eigenvalue weighted by Gasteiger charge is 2.34. The van der Waals surface area contributed by atoms with Gasteiger partial charge in [0.1, 0.15) is 5.76 Å². The van der Waals surface area contributed by atoms with Crippen molar-refractivity contribution in [1.29, 1.82) is 0 Å². The zero-order valence-corrected chi connectivity index (χ0v) is 8.70. The van der Waals surface area contributed by atoms with Gasteiger partial charge in [0.25, 0.3) is 0 Å². The van der Waals surface area contributed by atoms with Gasteiger partial charge in [0.15, 0.2) is 0 Å². The van der Waals surface area contributed by atoms with Crippen molar-refractivity contribution in [3.63, 3.8) is 0 Å². The van der Waals surface area contributed by atoms with Crippen LogP contribution in [0.5, 0.6) is 0 Å². The molecule has 0 fully saturated rings. The predicted molar refractivity (Wildman–Crippen MR) is 51.1 cm³/mol. The molecule has 0 aromatic heterocycles. The Morgan fingerprint density at radius 1 is 1.69 bits per heavy atom. The summed E-state index contributed by atoms with van der Waals surface area (Å²) < 4.78 is 5.19. The summed E-state index contributed by atoms with van der Waals surface area (Å²) in [6.45, 7) is 4.25. The lowest BCUT2D eigenvalue weighted by Gasteiger charge is -2.27. The molecule has 1 heterocycles. The molecule has 13 heavy (non-hydrogen) atoms. The Morgan fingerprint density at radius 3 is 2.77 bits per heavy atom. The quantitative estimate of drug-likeness (QED) is 0.662. The smallest absolute Gasteiger partial charge is 0.250 e. The monoisotopic (exact) mass is 183 g/mol. The van der Waals surface area contributed by atoms with E-state index in [9.17, 15) is 4.79 Å². The van der Waals surface area contributed by atoms with Crippen LogP contribution in [0.3, 0.4) is 0 Å². The number of carbonyl (C=O) groups is 1. The van der Waals surface area contributed by atoms with Crippen molar-refractivity contribution in [2.75, 3.05) is 14.2 Å². The van der Waals surface area contributed by atoms with E-state index in [-0.39, 0.29) is 11.9 Å². The third-order valence-electron chi connectivity index (χ3n) is 2.74. The number of rotatable bonds is 3. The summed E-state index contributed by atoms with van der Waals surface area (Å²) in [5, 5.41) is 0. The van der Waals surface area contributed by atoms with Gasteiger partial charge in [-0.05, 0) is 5.92 Å². The molecule has 1 aliphatic heterocycles. The number of hydrogen-bond donors (Lipinski definition) is 0. The van der Waals surface area contributed by atoms with E-state index in [0.717, 1.165) is 12.2 Å². The fourth-order valence-corrected chi connectivity index (χ4v) is 1.70. The van der Waals surface area contributed by atoms with E-state index in [2.05, 4.69) is 13.8 Å². The van der Waals surface area contributed by atoms with E-state index in [1.807, 2.05) is 7.05 Å². The van der Waals surface area contributed by atoms with Gasteiger partial charge in [0.05, 0.1) is 13.2 Å². The number of nitrogens with zero attached hydrogens (tertiary/aromatic N) is 1. The lowest BCUT2D eigenvalue weighted by Crippen LogP contribution is -2.36. The summed E-state index contributed by atoms with van der Waals surface area (Å²) in [7, 11) is 3.44. The number of ether oxygens (including phenoxy) is 1. The second-order valence-electron chi connectivity index (χ2n) is 3.53. The van der Waals surface area contributed by atoms with Crippen molar-refractivity contribution in [3.8, 4) is 0 Å². The Kier molecular flexibility index (Phi) is 2.96. The number of methoxy groups -OCH3 is 1. The Hall–Kier alpha value is -0.990. The van der Waals surface area contributed by atoms with Crippen LogP contribution in [-0.2, 0) is 9.53 Å². The molecule has 0 saturated carbocycles. The highest BCUT2D eigenvalue weighted by Crippen LogP contribution is 2.26. The number of hydrogen-bond acceptors (Lipinski definition) is 2. The molecule has 0 aliphatic carbocycles. The highest BCUT2D eigenvalue weighted by molar-refractivity contribution is 5.91. The molecule has 1 rings (SSSR count). The van der Waals surface area contributed by atoms with Gasteiger partial charge in [0.2, 0.25) is 5.91 Å². The number of amides is 1. The Balaban J connectivity index is 2.83. The fraction of sp³-hybridized carbons (Fsp3) is 0.700. The van der Waals surface area contributed by atoms with Gasteiger partial charge in [-0.3, -0.25) is 4.79 Å². The third kappa shape index (κ3) is 1.69. The molecular formula is C10H17NO2. The second-order valence-corrected chi connectivity index (χ2v) is 3.53. The summed E-state index contributed by atoms with van der Waals surface area (Å²) in [6, 6.07) is 0.127. The van der Waals surface area contributed by atoms with Crippen LogP contribution in [-0.4, -0.2) is 31.0 Å². The summed E-state index contributed by atoms with van der Waals surface area (Å²) >= 11 is 0. The van der Waals surface area contributed by atoms with Crippen LogP contribution < -0.4 is 0 Å². The van der Waals surface area contributed by atoms with Gasteiger partial charge in [0, 0.05) is 13.1 Å². The molecule has 0 radical (unpaired) electrons. The van der Waals surface area contributed by atoms with Gasteiger partial charge in [-0.2, -0.15) is 0 Å². The minimum absolute atomic E-state index is 0.0437. The van der Waals surface area contributed by atoms with Gasteiger partial charge >= 0.3 is 0 Å². The van der Waals surface area contributed by atoms with Crippen molar-refractivity contribution < 1.29 is 9.53 Å². The predicted octanol–water partition coefficient (Wildman–Crippen LogP) is 1.40. The molecule has 0 bridgehead atoms. The first-order chi connectivity index (χ1) is 6.11. The second kappa shape index (κ2) is 3.81. The highest BCUT2D eigenvalue weighted by atomic mass is 16.5. The molecule has 0 N–H and O–H groups in total. The topological polar surface area (TPSA) is 29.5 Å². The van der Waals surface area contributed by atoms with Crippen LogP contribution in [0.15, 0.2) is 11.8 Å². The number of carbonyl (C=O) groups excluding carboxylic acids is 1. The zero-order valence-electron chi connectivity index (χ0n) is 8.70. The average molecular weight is 183 g/mol. The van der Waals surface area contributed by atoms with Crippen LogP contribution in [0.1, 0.15) is 20.3 Å². The molecule has 74 valence electrons. The molecule has 1 unspecified atom stereocenters. The standard InChI is InChI=1S/C10H17NO2/c1-5-7(2)10-8(13-4)6-9(12)11(10)3/h6-7,10H,5H2,1-4H3/t7?,10-/m0/s1. The van der Waals surface area contributed by atoms with Crippen LogP contribution in [0, 0.1) is 5.92 Å². The van der Waals surface area contributed by atoms with Gasteiger partial charge in [-0.1, -0.05) is 20.3 Å². The lowest BCUT2D eigenvalue weighted by atomic mass is 9.98. The Labute approximate surface area is 79.4 Å². The van der Waals surface area contributed by atoms with Crippen molar-refractivity contribution in [3.05, 3.63) is 11.8 Å². The molecule has 0 spiro atoms. The summed E-state index contributed by atoms with van der Waals surface area (Å²) in [4.78, 5) is 13.1. The molecule has 0 aromatic rings. The molecular weight excluding hydrogens is 166 g/mol. The van der Waals surface area contributed by atoms with Crippen LogP contribution >= 0.6 is 0 Å². The molecule has 1 amide bonds. The Bertz CT molecular complexity index is 235. The molecule has 0 saturated heterocycles. The SMILES string of the molecule is CCC(C)[C@H]1C(OC)=CC(=O)N1C. The summed E-state index contributed by atoms with van der Waals surface area (Å²) in [6.07, 6.45) is 2.62. The lowest BCUT2D eigenvalue weighted by molar-refractivity contribution is -0.125. The molecule has 0 aromatic carbocycles. The van der Waals surface area contributed by atoms with Crippen molar-refractivity contribution in [1.82, 2.24) is 4.90 Å². The first-order valence-corrected chi connectivity index (χ1v) is 4.64. The average Bonchev–Trinajstić information content (AvgIpc) is 2.42. The van der Waals surface area contributed by atoms with Crippen molar-refractivity contribution in [2.45, 2.75) is 26.3 Å². The minimum atomic E-state index is 0.0437. The third-order valence-corrected chi connectivity index (χ3v) is 2.74. The van der Waals surface area contributed by atoms with E-state index in [0.29, 0.717) is 5.92 Å². The minimum Gasteiger partial charge on any atom is -0.499 e. The van der Waals surface area contributed by atoms with Gasteiger partial charge < -0.3 is 9.64 Å². The van der Waals surface area contributed by atoms with Crippen LogP contribution in [0.2, 0.25) is 0 Å². The van der Waals surface area contributed by atoms with E-state index >= 15 is 0 Å². The van der Waals surface area contributed by atoms with Gasteiger partial charge in [-0.15, -0.1) is 0 Å². The normalized spacial score (nSPS) is 24.6. The first kappa shape index (κ1) is 10.1. The molecule has 1 aliphatic rings. The van der Waals surface area contributed by atoms with E-state index in [1.165, 1.54) is 0 Å². The maximum absolute atomic E-state index is 11.3. The summed E-state index contributed by atoms with van der Waals surface area (Å²) in [5.41, 5.74) is 0. The molecule has 3 heteroatoms. The molecule has 3 nitrogen and oxygen atoms in total. The maximum Gasteiger partial charge on any atom is 0.250 e. The van der Waals surface area contributed by atoms with E-state index in [4.69, 9.17) is 4.74 Å². The van der Waals surface area contributed by atoms with E-state index < -0.39 is 0 Å². The zero-order chi connectivity index (χ0) is 10.0. The first-order valence-electron chi connectivity index (χ1n) is 4.64. The van der Waals surface area contributed by atoms with Gasteiger partial charge in [-0.25, -0.2) is 0 Å². The maximum atomic E-state index is 11.3. The van der Waals surface area contributed by atoms with E-state index in [1.54, 1.807) is 18.1 Å².